The predicted molar refractivity (Wildman–Crippen MR) is 78.1 cm³/mol. The van der Waals surface area contributed by atoms with E-state index in [-0.39, 0.29) is 11.7 Å². The van der Waals surface area contributed by atoms with Gasteiger partial charge >= 0.3 is 0 Å². The third-order valence-electron chi connectivity index (χ3n) is 5.35. The van der Waals surface area contributed by atoms with Crippen molar-refractivity contribution in [2.75, 3.05) is 0 Å². The Morgan fingerprint density at radius 3 is 2.60 bits per heavy atom. The van der Waals surface area contributed by atoms with Gasteiger partial charge in [-0.15, -0.1) is 0 Å². The quantitative estimate of drug-likeness (QED) is 0.739. The lowest BCUT2D eigenvalue weighted by Gasteiger charge is -2.39. The van der Waals surface area contributed by atoms with Gasteiger partial charge in [-0.05, 0) is 31.6 Å². The molecule has 1 aliphatic heterocycles. The second kappa shape index (κ2) is 5.01. The molecular weight excluding hydrogens is 252 g/mol. The van der Waals surface area contributed by atoms with E-state index in [0.29, 0.717) is 11.8 Å². The molecule has 0 amide bonds. The summed E-state index contributed by atoms with van der Waals surface area (Å²) in [5.41, 5.74) is -1.32. The Balaban J connectivity index is 2.25. The highest BCUT2D eigenvalue weighted by atomic mass is 16.5. The summed E-state index contributed by atoms with van der Waals surface area (Å²) in [7, 11) is 0. The fourth-order valence-corrected chi connectivity index (χ4v) is 3.84. The summed E-state index contributed by atoms with van der Waals surface area (Å²) in [4.78, 5) is 24.1. The Hall–Kier alpha value is -1.12. The van der Waals surface area contributed by atoms with Crippen molar-refractivity contribution in [3.63, 3.8) is 0 Å². The van der Waals surface area contributed by atoms with E-state index in [0.717, 1.165) is 31.3 Å². The molecule has 0 N–H and O–H groups in total. The minimum atomic E-state index is -0.857. The second-order valence-corrected chi connectivity index (χ2v) is 7.30. The number of carbonyl (C=O) groups excluding carboxylic acids is 2. The Labute approximate surface area is 121 Å². The van der Waals surface area contributed by atoms with Gasteiger partial charge in [0.25, 0.3) is 0 Å². The number of hydrogen-bond donors (Lipinski definition) is 0. The van der Waals surface area contributed by atoms with Gasteiger partial charge in [-0.2, -0.15) is 0 Å². The van der Waals surface area contributed by atoms with E-state index in [1.807, 2.05) is 13.8 Å². The third-order valence-corrected chi connectivity index (χ3v) is 5.35. The molecule has 0 aromatic heterocycles. The van der Waals surface area contributed by atoms with E-state index < -0.39 is 11.0 Å². The van der Waals surface area contributed by atoms with Crippen LogP contribution in [0.3, 0.4) is 0 Å². The molecule has 1 aliphatic carbocycles. The first kappa shape index (κ1) is 15.3. The summed E-state index contributed by atoms with van der Waals surface area (Å²) < 4.78 is 6.05. The van der Waals surface area contributed by atoms with Gasteiger partial charge in [0, 0.05) is 23.8 Å². The molecule has 0 bridgehead atoms. The Kier molecular flexibility index (Phi) is 3.83. The van der Waals surface area contributed by atoms with Crippen LogP contribution < -0.4 is 0 Å². The maximum absolute atomic E-state index is 12.5. The number of ketones is 1. The molecule has 1 saturated carbocycles. The molecule has 1 fully saturated rings. The minimum absolute atomic E-state index is 0.0281. The van der Waals surface area contributed by atoms with Crippen molar-refractivity contribution in [1.29, 1.82) is 0 Å². The summed E-state index contributed by atoms with van der Waals surface area (Å²) in [6.45, 7) is 10.2. The van der Waals surface area contributed by atoms with Gasteiger partial charge in [0.2, 0.25) is 5.78 Å². The van der Waals surface area contributed by atoms with Crippen LogP contribution >= 0.6 is 0 Å². The summed E-state index contributed by atoms with van der Waals surface area (Å²) >= 11 is 0. The molecule has 1 heterocycles. The van der Waals surface area contributed by atoms with Gasteiger partial charge in [-0.3, -0.25) is 4.79 Å². The van der Waals surface area contributed by atoms with Crippen LogP contribution in [0.2, 0.25) is 0 Å². The molecule has 20 heavy (non-hydrogen) atoms. The van der Waals surface area contributed by atoms with E-state index in [2.05, 4.69) is 20.8 Å². The predicted octanol–water partition coefficient (Wildman–Crippen LogP) is 3.53. The summed E-state index contributed by atoms with van der Waals surface area (Å²) in [5.74, 6) is 1.53. The van der Waals surface area contributed by atoms with Crippen molar-refractivity contribution in [3.05, 3.63) is 11.8 Å². The van der Waals surface area contributed by atoms with Crippen LogP contribution in [0.5, 0.6) is 0 Å². The molecule has 0 unspecified atom stereocenters. The smallest absolute Gasteiger partial charge is 0.202 e. The number of aldehydes is 1. The van der Waals surface area contributed by atoms with Crippen LogP contribution in [0.25, 0.3) is 0 Å². The maximum atomic E-state index is 12.5. The molecule has 0 radical (unpaired) electrons. The average molecular weight is 278 g/mol. The van der Waals surface area contributed by atoms with E-state index in [1.165, 1.54) is 0 Å². The van der Waals surface area contributed by atoms with Crippen molar-refractivity contribution >= 4 is 12.1 Å². The highest BCUT2D eigenvalue weighted by Gasteiger charge is 2.58. The summed E-state index contributed by atoms with van der Waals surface area (Å²) in [6.07, 6.45) is 5.32. The molecule has 2 rings (SSSR count). The molecule has 0 aromatic rings. The highest BCUT2D eigenvalue weighted by Crippen LogP contribution is 2.53. The molecule has 2 aliphatic rings. The van der Waals surface area contributed by atoms with Crippen molar-refractivity contribution in [3.8, 4) is 0 Å². The van der Waals surface area contributed by atoms with E-state index in [9.17, 15) is 9.59 Å². The van der Waals surface area contributed by atoms with Crippen molar-refractivity contribution < 1.29 is 14.3 Å². The number of carbonyl (C=O) groups is 2. The standard InChI is InChI=1S/C17H26O3/c1-11(2)8-13-9-15(19)17(5,20-13)14-7-6-12(3)16(14,4)10-18/h9-12,14H,6-8H2,1-5H3/t12-,14-,16-,17+/m1/s1. The van der Waals surface area contributed by atoms with Crippen molar-refractivity contribution in [2.45, 2.75) is 59.5 Å². The molecular formula is C17H26O3. The SMILES string of the molecule is CC(C)CC1=CC(=O)[C@](C)([C@@H]2CC[C@@H](C)[C@@]2(C)C=O)O1. The lowest BCUT2D eigenvalue weighted by Crippen LogP contribution is -2.48. The zero-order valence-electron chi connectivity index (χ0n) is 13.2. The molecule has 0 spiro atoms. The van der Waals surface area contributed by atoms with Crippen LogP contribution in [0, 0.1) is 23.2 Å². The number of ether oxygens (including phenoxy) is 1. The zero-order valence-corrected chi connectivity index (χ0v) is 13.2. The molecule has 0 saturated heterocycles. The van der Waals surface area contributed by atoms with E-state index in [1.54, 1.807) is 6.08 Å². The van der Waals surface area contributed by atoms with E-state index >= 15 is 0 Å². The molecule has 4 atom stereocenters. The first-order valence-electron chi connectivity index (χ1n) is 7.64. The fraction of sp³-hybridized carbons (Fsp3) is 0.765. The maximum Gasteiger partial charge on any atom is 0.202 e. The lowest BCUT2D eigenvalue weighted by atomic mass is 9.68. The van der Waals surface area contributed by atoms with Crippen LogP contribution in [0.4, 0.5) is 0 Å². The van der Waals surface area contributed by atoms with Gasteiger partial charge in [-0.1, -0.05) is 27.7 Å². The van der Waals surface area contributed by atoms with Crippen LogP contribution in [0.1, 0.15) is 53.9 Å². The monoisotopic (exact) mass is 278 g/mol. The number of allylic oxidation sites excluding steroid dienone is 1. The average Bonchev–Trinajstić information content (AvgIpc) is 2.79. The molecule has 3 nitrogen and oxygen atoms in total. The van der Waals surface area contributed by atoms with Gasteiger partial charge in [0.05, 0.1) is 0 Å². The third kappa shape index (κ3) is 2.21. The number of hydrogen-bond acceptors (Lipinski definition) is 3. The van der Waals surface area contributed by atoms with Gasteiger partial charge in [0.1, 0.15) is 12.0 Å². The van der Waals surface area contributed by atoms with Gasteiger partial charge in [-0.25, -0.2) is 0 Å². The Morgan fingerprint density at radius 1 is 1.40 bits per heavy atom. The first-order valence-corrected chi connectivity index (χ1v) is 7.64. The van der Waals surface area contributed by atoms with Crippen molar-refractivity contribution in [2.24, 2.45) is 23.2 Å². The molecule has 0 aromatic carbocycles. The van der Waals surface area contributed by atoms with Crippen LogP contribution in [-0.4, -0.2) is 17.7 Å². The Morgan fingerprint density at radius 2 is 2.05 bits per heavy atom. The largest absolute Gasteiger partial charge is 0.483 e. The number of rotatable bonds is 4. The van der Waals surface area contributed by atoms with Crippen LogP contribution in [0.15, 0.2) is 11.8 Å². The summed E-state index contributed by atoms with van der Waals surface area (Å²) in [6, 6.07) is 0. The molecule has 112 valence electrons. The topological polar surface area (TPSA) is 43.4 Å². The highest BCUT2D eigenvalue weighted by molar-refractivity contribution is 5.99. The van der Waals surface area contributed by atoms with Crippen LogP contribution in [-0.2, 0) is 14.3 Å². The van der Waals surface area contributed by atoms with Gasteiger partial charge < -0.3 is 9.53 Å². The minimum Gasteiger partial charge on any atom is -0.483 e. The van der Waals surface area contributed by atoms with E-state index in [4.69, 9.17) is 4.74 Å². The van der Waals surface area contributed by atoms with Gasteiger partial charge in [0.15, 0.2) is 5.60 Å². The normalized spacial score (nSPS) is 40.9. The zero-order chi connectivity index (χ0) is 15.1. The molecule has 3 heteroatoms. The lowest BCUT2D eigenvalue weighted by molar-refractivity contribution is -0.143. The Bertz CT molecular complexity index is 451. The van der Waals surface area contributed by atoms with Crippen molar-refractivity contribution in [1.82, 2.24) is 0 Å². The second-order valence-electron chi connectivity index (χ2n) is 7.30. The first-order chi connectivity index (χ1) is 9.24. The summed E-state index contributed by atoms with van der Waals surface area (Å²) in [5, 5.41) is 0. The fourth-order valence-electron chi connectivity index (χ4n) is 3.84.